The highest BCUT2D eigenvalue weighted by Gasteiger charge is 2.27. The summed E-state index contributed by atoms with van der Waals surface area (Å²) in [5.41, 5.74) is 15.4. The van der Waals surface area contributed by atoms with Crippen molar-refractivity contribution in [3.05, 3.63) is 412 Å². The van der Waals surface area contributed by atoms with E-state index in [4.69, 9.17) is 49.3 Å². The topological polar surface area (TPSA) is 134 Å². The molecular formula is C121H78N10OS3. The first-order valence-electron chi connectivity index (χ1n) is 45.9. The van der Waals surface area contributed by atoms with E-state index in [1.165, 1.54) is 134 Å². The summed E-state index contributed by atoms with van der Waals surface area (Å²) >= 11 is 5.48. The van der Waals surface area contributed by atoms with Gasteiger partial charge >= 0.3 is 0 Å². The minimum atomic E-state index is 0.352. The number of hydrogen-bond donors (Lipinski definition) is 0. The summed E-state index contributed by atoms with van der Waals surface area (Å²) in [7, 11) is 0. The van der Waals surface area contributed by atoms with Crippen molar-refractivity contribution in [3.8, 4) is 108 Å². The number of nitrogens with zero attached hydrogens (tertiary/aromatic N) is 10. The maximum absolute atomic E-state index is 6.13. The second-order valence-electron chi connectivity index (χ2n) is 34.8. The molecule has 1 aliphatic rings. The molecule has 8 aromatic heterocycles. The average Bonchev–Trinajstić information content (AvgIpc) is 1.63. The van der Waals surface area contributed by atoms with Gasteiger partial charge in [0.25, 0.3) is 0 Å². The first kappa shape index (κ1) is 79.5. The molecule has 11 nitrogen and oxygen atoms in total. The lowest BCUT2D eigenvalue weighted by atomic mass is 9.88. The summed E-state index contributed by atoms with van der Waals surface area (Å²) in [4.78, 5) is 46.4. The molecule has 1 saturated carbocycles. The molecule has 135 heavy (non-hydrogen) atoms. The van der Waals surface area contributed by atoms with Crippen LogP contribution < -0.4 is 0 Å². The van der Waals surface area contributed by atoms with Gasteiger partial charge in [-0.1, -0.05) is 317 Å². The van der Waals surface area contributed by atoms with Crippen LogP contribution in [-0.4, -0.2) is 49.4 Å². The van der Waals surface area contributed by atoms with Crippen LogP contribution in [0.15, 0.2) is 411 Å². The number of rotatable bonds is 11. The Labute approximate surface area is 787 Å². The fourth-order valence-electron chi connectivity index (χ4n) is 20.0. The van der Waals surface area contributed by atoms with Crippen molar-refractivity contribution < 1.29 is 4.42 Å². The van der Waals surface area contributed by atoms with Gasteiger partial charge in [-0.2, -0.15) is 0 Å². The van der Waals surface area contributed by atoms with Gasteiger partial charge in [-0.05, 0) is 176 Å². The van der Waals surface area contributed by atoms with Crippen molar-refractivity contribution in [2.45, 2.75) is 38.0 Å². The molecule has 0 aliphatic heterocycles. The molecule has 0 saturated heterocycles. The number of furan rings is 1. The lowest BCUT2D eigenvalue weighted by molar-refractivity contribution is 0.428. The molecule has 27 aromatic rings. The molecule has 14 heteroatoms. The summed E-state index contributed by atoms with van der Waals surface area (Å²) in [5, 5.41) is 21.8. The van der Waals surface area contributed by atoms with E-state index in [9.17, 15) is 0 Å². The number of hydrogen-bond acceptors (Lipinski definition) is 13. The van der Waals surface area contributed by atoms with E-state index in [2.05, 4.69) is 362 Å². The largest absolute Gasteiger partial charge is 0.456 e. The standard InChI is InChI=1S/C43H26N4S.C41H25N3S.C37H27N3OS/c1-2-11-27(12-3-1)41-44-42(29-13-10-14-32(24-29)47-37-18-7-4-15-33(37)34-16-5-8-19-38(34)47)46-43(45-41)30-22-21-28-25-36-35-17-6-9-20-39(35)48-40(36)26-31(28)23-30;1-3-12-26(13-4-1)31-23-35-34-22-29-17-7-8-18-30(29)25-37(34)45-38(35)36(24-31)41-43-39(28-15-5-2-6-16-28)42-40(44-41)33-21-11-19-27-14-9-10-20-32(27)33;1-2-10-22(11-3-1)35-38-36(24-18-19-31-28(21-24)26-14-6-8-16-30(26)41-31)40-37(39-35)33-25-13-5-4-12-23(25)20-29-27-15-7-9-17-32(27)42-34(29)33/h1-26H;1-25H;4-9,12-22H,1-3,10-11H2. The fraction of sp³-hybridized carbons (Fsp3) is 0.0496. The summed E-state index contributed by atoms with van der Waals surface area (Å²) in [6.07, 6.45) is 5.99. The van der Waals surface area contributed by atoms with Gasteiger partial charge in [0.05, 0.1) is 11.0 Å². The zero-order valence-electron chi connectivity index (χ0n) is 72.9. The van der Waals surface area contributed by atoms with Gasteiger partial charge in [0, 0.05) is 138 Å². The third-order valence-corrected chi connectivity index (χ3v) is 30.1. The van der Waals surface area contributed by atoms with Crippen molar-refractivity contribution in [2.24, 2.45) is 0 Å². The van der Waals surface area contributed by atoms with Crippen LogP contribution in [0.5, 0.6) is 0 Å². The third kappa shape index (κ3) is 14.4. The van der Waals surface area contributed by atoms with E-state index >= 15 is 0 Å². The summed E-state index contributed by atoms with van der Waals surface area (Å²) in [6, 6.07) is 143. The molecule has 1 fully saturated rings. The Kier molecular flexibility index (Phi) is 19.7. The van der Waals surface area contributed by atoms with Gasteiger partial charge in [0.1, 0.15) is 17.0 Å². The average molecular weight is 1780 g/mol. The van der Waals surface area contributed by atoms with Crippen LogP contribution in [0, 0.1) is 0 Å². The zero-order valence-corrected chi connectivity index (χ0v) is 75.3. The second-order valence-corrected chi connectivity index (χ2v) is 38.0. The fourth-order valence-corrected chi connectivity index (χ4v) is 23.6. The van der Waals surface area contributed by atoms with Gasteiger partial charge in [0.2, 0.25) is 0 Å². The first-order valence-corrected chi connectivity index (χ1v) is 48.3. The Morgan fingerprint density at radius 1 is 0.222 bits per heavy atom. The van der Waals surface area contributed by atoms with Crippen molar-refractivity contribution in [1.29, 1.82) is 0 Å². The Morgan fingerprint density at radius 3 is 1.39 bits per heavy atom. The van der Waals surface area contributed by atoms with Gasteiger partial charge in [0.15, 0.2) is 46.6 Å². The van der Waals surface area contributed by atoms with E-state index < -0.39 is 0 Å². The number of benzene rings is 19. The number of aromatic nitrogens is 10. The molecular weight excluding hydrogens is 1710 g/mol. The molecule has 0 radical (unpaired) electrons. The monoisotopic (exact) mass is 1780 g/mol. The van der Waals surface area contributed by atoms with Crippen LogP contribution in [0.2, 0.25) is 0 Å². The Balaban J connectivity index is 0.000000106. The predicted octanol–water partition coefficient (Wildman–Crippen LogP) is 33.4. The van der Waals surface area contributed by atoms with Crippen LogP contribution >= 0.6 is 34.0 Å². The molecule has 0 unspecified atom stereocenters. The van der Waals surface area contributed by atoms with Crippen LogP contribution in [0.4, 0.5) is 0 Å². The molecule has 0 atom stereocenters. The minimum absolute atomic E-state index is 0.352. The highest BCUT2D eigenvalue weighted by molar-refractivity contribution is 7.27. The van der Waals surface area contributed by atoms with Gasteiger partial charge in [-0.3, -0.25) is 0 Å². The quantitative estimate of drug-likeness (QED) is 0.123. The van der Waals surface area contributed by atoms with Crippen molar-refractivity contribution >= 4 is 181 Å². The highest BCUT2D eigenvalue weighted by atomic mass is 32.1. The minimum Gasteiger partial charge on any atom is -0.456 e. The molecule has 19 aromatic carbocycles. The van der Waals surface area contributed by atoms with Gasteiger partial charge in [-0.15, -0.1) is 34.0 Å². The number of para-hydroxylation sites is 3. The Bertz CT molecular complexity index is 9350. The van der Waals surface area contributed by atoms with Crippen LogP contribution in [0.1, 0.15) is 43.8 Å². The van der Waals surface area contributed by atoms with Gasteiger partial charge < -0.3 is 8.98 Å². The van der Waals surface area contributed by atoms with E-state index in [-0.39, 0.29) is 0 Å². The predicted molar refractivity (Wildman–Crippen MR) is 565 cm³/mol. The number of thiophene rings is 3. The smallest absolute Gasteiger partial charge is 0.165 e. The normalized spacial score (nSPS) is 12.6. The van der Waals surface area contributed by atoms with Crippen LogP contribution in [0.3, 0.4) is 0 Å². The lowest BCUT2D eigenvalue weighted by Gasteiger charge is -2.21. The lowest BCUT2D eigenvalue weighted by Crippen LogP contribution is -2.11. The number of fused-ring (bicyclic) bond motifs is 19. The van der Waals surface area contributed by atoms with Crippen molar-refractivity contribution in [2.75, 3.05) is 0 Å². The molecule has 0 bridgehead atoms. The third-order valence-electron chi connectivity index (χ3n) is 26.6. The highest BCUT2D eigenvalue weighted by Crippen LogP contribution is 2.49. The van der Waals surface area contributed by atoms with Crippen LogP contribution in [0.25, 0.3) is 255 Å². The molecule has 0 N–H and O–H groups in total. The molecule has 0 spiro atoms. The Hall–Kier alpha value is -16.5. The summed E-state index contributed by atoms with van der Waals surface area (Å²) in [5.74, 6) is 6.72. The molecule has 0 amide bonds. The summed E-state index contributed by atoms with van der Waals surface area (Å²) in [6.45, 7) is 0. The van der Waals surface area contributed by atoms with E-state index in [0.717, 1.165) is 124 Å². The molecule has 28 rings (SSSR count). The SMILES string of the molecule is c1ccc(-c2cc(-c3nc(-c4ccccc4)nc(-c4cccc5ccccc45)n3)c3sc4cc5ccccc5cc4c3c2)cc1.c1ccc(-c2nc(-c3cccc(-n4c5ccccc5c5ccccc54)c3)nc(-c3ccc4cc5c(cc4c3)sc3ccccc35)n2)cc1.c1ccc2c(-c3nc(-c4ccc5oc6ccccc6c5c4)nc(C4CCCCC4)n3)c3sc4ccccc4c3cc2c1. The maximum atomic E-state index is 6.13. The molecule has 1 aliphatic carbocycles. The summed E-state index contributed by atoms with van der Waals surface area (Å²) < 4.78 is 16.0. The zero-order chi connectivity index (χ0) is 89.0. The van der Waals surface area contributed by atoms with E-state index in [0.29, 0.717) is 40.9 Å². The van der Waals surface area contributed by atoms with Crippen LogP contribution in [-0.2, 0) is 0 Å². The Morgan fingerprint density at radius 2 is 0.667 bits per heavy atom. The second kappa shape index (κ2) is 33.4. The maximum Gasteiger partial charge on any atom is 0.165 e. The molecule has 8 heterocycles. The molecule has 636 valence electrons. The first-order chi connectivity index (χ1) is 66.8. The van der Waals surface area contributed by atoms with Crippen molar-refractivity contribution in [3.63, 3.8) is 0 Å². The van der Waals surface area contributed by atoms with E-state index in [1.54, 1.807) is 0 Å². The van der Waals surface area contributed by atoms with Crippen molar-refractivity contribution in [1.82, 2.24) is 49.4 Å². The van der Waals surface area contributed by atoms with E-state index in [1.807, 2.05) is 82.5 Å². The van der Waals surface area contributed by atoms with Gasteiger partial charge in [-0.25, -0.2) is 44.9 Å².